The number of likely N-dealkylation sites (N-methyl/N-ethyl adjacent to an activating group) is 1. The van der Waals surface area contributed by atoms with Crippen LogP contribution in [-0.4, -0.2) is 77.3 Å². The smallest absolute Gasteiger partial charge is 0.255 e. The van der Waals surface area contributed by atoms with Gasteiger partial charge in [0.1, 0.15) is 24.4 Å². The lowest BCUT2D eigenvalue weighted by atomic mass is 10.0. The molecule has 2 atom stereocenters. The molecule has 0 saturated carbocycles. The molecule has 0 saturated heterocycles. The van der Waals surface area contributed by atoms with Gasteiger partial charge in [-0.2, -0.15) is 0 Å². The standard InChI is InChI=1S/C26H34N6O5/c1-17(2)14-21-26(36)32(3)12-13-37-22-7-5-4-6-19(22)24(34)31-20(15-23(33)30-21)25(35)29-9-8-18-16-27-10-11-28-18/h4-7,10-11,16-17,20-21H,8-9,12-15H2,1-3H3,(H,29,35)(H,30,33)(H,31,34)/t20-,21+/m0/s1. The minimum Gasteiger partial charge on any atom is -0.491 e. The number of nitrogens with one attached hydrogen (secondary N) is 3. The van der Waals surface area contributed by atoms with Gasteiger partial charge in [0.25, 0.3) is 5.91 Å². The van der Waals surface area contributed by atoms with E-state index in [0.29, 0.717) is 24.3 Å². The van der Waals surface area contributed by atoms with Crippen molar-refractivity contribution in [3.8, 4) is 5.75 Å². The van der Waals surface area contributed by atoms with Gasteiger partial charge in [-0.1, -0.05) is 26.0 Å². The normalized spacial score (nSPS) is 19.2. The van der Waals surface area contributed by atoms with Gasteiger partial charge in [-0.3, -0.25) is 29.1 Å². The highest BCUT2D eigenvalue weighted by molar-refractivity contribution is 6.01. The topological polar surface area (TPSA) is 143 Å². The van der Waals surface area contributed by atoms with Crippen LogP contribution in [0.15, 0.2) is 42.9 Å². The molecule has 4 amide bonds. The zero-order valence-corrected chi connectivity index (χ0v) is 21.4. The molecule has 0 radical (unpaired) electrons. The lowest BCUT2D eigenvalue weighted by Gasteiger charge is -2.27. The molecule has 198 valence electrons. The summed E-state index contributed by atoms with van der Waals surface area (Å²) in [6.07, 6.45) is 5.24. The Morgan fingerprint density at radius 1 is 1.19 bits per heavy atom. The van der Waals surface area contributed by atoms with E-state index in [1.54, 1.807) is 49.9 Å². The average molecular weight is 511 g/mol. The molecular weight excluding hydrogens is 476 g/mol. The molecule has 37 heavy (non-hydrogen) atoms. The van der Waals surface area contributed by atoms with Crippen molar-refractivity contribution in [1.82, 2.24) is 30.8 Å². The predicted octanol–water partition coefficient (Wildman–Crippen LogP) is 0.706. The van der Waals surface area contributed by atoms with E-state index in [4.69, 9.17) is 4.74 Å². The second-order valence-corrected chi connectivity index (χ2v) is 9.32. The Bertz CT molecular complexity index is 1090. The van der Waals surface area contributed by atoms with E-state index in [9.17, 15) is 19.2 Å². The van der Waals surface area contributed by atoms with Gasteiger partial charge >= 0.3 is 0 Å². The molecule has 2 heterocycles. The quantitative estimate of drug-likeness (QED) is 0.519. The molecular formula is C26H34N6O5. The van der Waals surface area contributed by atoms with E-state index in [1.165, 1.54) is 4.90 Å². The van der Waals surface area contributed by atoms with Gasteiger partial charge in [-0.25, -0.2) is 0 Å². The fraction of sp³-hybridized carbons (Fsp3) is 0.462. The van der Waals surface area contributed by atoms with Gasteiger partial charge in [-0.05, 0) is 24.5 Å². The highest BCUT2D eigenvalue weighted by Gasteiger charge is 2.30. The number of carbonyl (C=O) groups is 4. The van der Waals surface area contributed by atoms with Crippen molar-refractivity contribution in [3.05, 3.63) is 54.1 Å². The van der Waals surface area contributed by atoms with Crippen LogP contribution in [0.2, 0.25) is 0 Å². The molecule has 11 nitrogen and oxygen atoms in total. The minimum atomic E-state index is -1.17. The Balaban J connectivity index is 1.82. The van der Waals surface area contributed by atoms with Crippen LogP contribution in [0, 0.1) is 5.92 Å². The summed E-state index contributed by atoms with van der Waals surface area (Å²) in [7, 11) is 1.64. The second kappa shape index (κ2) is 13.3. The number of hydrogen-bond acceptors (Lipinski definition) is 7. The van der Waals surface area contributed by atoms with Crippen LogP contribution in [0.5, 0.6) is 5.75 Å². The first-order chi connectivity index (χ1) is 17.7. The van der Waals surface area contributed by atoms with Crippen LogP contribution in [-0.2, 0) is 20.8 Å². The van der Waals surface area contributed by atoms with Crippen molar-refractivity contribution >= 4 is 23.6 Å². The molecule has 1 aromatic heterocycles. The van der Waals surface area contributed by atoms with E-state index >= 15 is 0 Å². The Hall–Kier alpha value is -4.02. The van der Waals surface area contributed by atoms with E-state index in [-0.39, 0.29) is 43.5 Å². The molecule has 11 heteroatoms. The summed E-state index contributed by atoms with van der Waals surface area (Å²) in [6, 6.07) is 4.70. The van der Waals surface area contributed by atoms with E-state index in [2.05, 4.69) is 25.9 Å². The lowest BCUT2D eigenvalue weighted by Crippen LogP contribution is -2.53. The van der Waals surface area contributed by atoms with Crippen LogP contribution in [0.1, 0.15) is 42.7 Å². The summed E-state index contributed by atoms with van der Waals surface area (Å²) in [5.74, 6) is -1.36. The summed E-state index contributed by atoms with van der Waals surface area (Å²) in [6.45, 7) is 4.58. The van der Waals surface area contributed by atoms with Gasteiger partial charge in [-0.15, -0.1) is 0 Å². The number of carbonyl (C=O) groups excluding carboxylic acids is 4. The Morgan fingerprint density at radius 2 is 1.97 bits per heavy atom. The molecule has 0 fully saturated rings. The van der Waals surface area contributed by atoms with Crippen molar-refractivity contribution in [1.29, 1.82) is 0 Å². The van der Waals surface area contributed by atoms with Gasteiger partial charge in [0.05, 0.1) is 24.2 Å². The van der Waals surface area contributed by atoms with E-state index in [0.717, 1.165) is 0 Å². The fourth-order valence-corrected chi connectivity index (χ4v) is 3.92. The summed E-state index contributed by atoms with van der Waals surface area (Å²) >= 11 is 0. The molecule has 2 aromatic rings. The summed E-state index contributed by atoms with van der Waals surface area (Å²) < 4.78 is 5.81. The summed E-state index contributed by atoms with van der Waals surface area (Å²) in [4.78, 5) is 61.9. The molecule has 1 aliphatic heterocycles. The molecule has 0 unspecified atom stereocenters. The molecule has 3 rings (SSSR count). The Morgan fingerprint density at radius 3 is 2.70 bits per heavy atom. The van der Waals surface area contributed by atoms with Crippen molar-refractivity contribution in [2.45, 2.75) is 45.2 Å². The number of rotatable bonds is 6. The van der Waals surface area contributed by atoms with Gasteiger partial charge < -0.3 is 25.6 Å². The number of aromatic nitrogens is 2. The monoisotopic (exact) mass is 510 g/mol. The zero-order chi connectivity index (χ0) is 26.8. The molecule has 0 bridgehead atoms. The second-order valence-electron chi connectivity index (χ2n) is 9.32. The third kappa shape index (κ3) is 8.26. The summed E-state index contributed by atoms with van der Waals surface area (Å²) in [5.41, 5.74) is 0.921. The van der Waals surface area contributed by atoms with Crippen LogP contribution in [0.3, 0.4) is 0 Å². The predicted molar refractivity (Wildman–Crippen MR) is 136 cm³/mol. The molecule has 0 aliphatic carbocycles. The van der Waals surface area contributed by atoms with Crippen LogP contribution >= 0.6 is 0 Å². The van der Waals surface area contributed by atoms with Gasteiger partial charge in [0.15, 0.2) is 0 Å². The van der Waals surface area contributed by atoms with Gasteiger partial charge in [0.2, 0.25) is 17.7 Å². The maximum atomic E-state index is 13.1. The Labute approximate surface area is 216 Å². The Kier molecular flexibility index (Phi) is 9.93. The summed E-state index contributed by atoms with van der Waals surface area (Å²) in [5, 5.41) is 8.18. The number of para-hydroxylation sites is 1. The molecule has 0 spiro atoms. The van der Waals surface area contributed by atoms with Crippen molar-refractivity contribution in [2.75, 3.05) is 26.7 Å². The maximum absolute atomic E-state index is 13.1. The maximum Gasteiger partial charge on any atom is 0.255 e. The van der Waals surface area contributed by atoms with Crippen LogP contribution in [0.25, 0.3) is 0 Å². The fourth-order valence-electron chi connectivity index (χ4n) is 3.92. The number of nitrogens with zero attached hydrogens (tertiary/aromatic N) is 3. The first-order valence-electron chi connectivity index (χ1n) is 12.3. The van der Waals surface area contributed by atoms with Crippen LogP contribution in [0.4, 0.5) is 0 Å². The number of amides is 4. The number of benzene rings is 1. The third-order valence-electron chi connectivity index (χ3n) is 5.84. The number of hydrogen-bond donors (Lipinski definition) is 3. The highest BCUT2D eigenvalue weighted by Crippen LogP contribution is 2.19. The number of ether oxygens (including phenoxy) is 1. The highest BCUT2D eigenvalue weighted by atomic mass is 16.5. The van der Waals surface area contributed by atoms with E-state index in [1.807, 2.05) is 13.8 Å². The molecule has 1 aromatic carbocycles. The number of fused-ring (bicyclic) bond motifs is 1. The first-order valence-corrected chi connectivity index (χ1v) is 12.3. The molecule has 3 N–H and O–H groups in total. The van der Waals surface area contributed by atoms with Crippen molar-refractivity contribution < 1.29 is 23.9 Å². The van der Waals surface area contributed by atoms with Crippen molar-refractivity contribution in [2.24, 2.45) is 5.92 Å². The lowest BCUT2D eigenvalue weighted by molar-refractivity contribution is -0.136. The van der Waals surface area contributed by atoms with Crippen LogP contribution < -0.4 is 20.7 Å². The minimum absolute atomic E-state index is 0.143. The third-order valence-corrected chi connectivity index (χ3v) is 5.84. The molecule has 1 aliphatic rings. The van der Waals surface area contributed by atoms with E-state index < -0.39 is 29.8 Å². The average Bonchev–Trinajstić information content (AvgIpc) is 2.87. The first kappa shape index (κ1) is 27.6. The SMILES string of the molecule is CC(C)C[C@H]1NC(=O)C[C@@H](C(=O)NCCc2cnccn2)NC(=O)c2ccccc2OCCN(C)C1=O. The van der Waals surface area contributed by atoms with Crippen molar-refractivity contribution in [3.63, 3.8) is 0 Å². The zero-order valence-electron chi connectivity index (χ0n) is 21.4. The van der Waals surface area contributed by atoms with Gasteiger partial charge in [0, 0.05) is 38.6 Å². The largest absolute Gasteiger partial charge is 0.491 e.